The molecule has 112 valence electrons. The van der Waals surface area contributed by atoms with E-state index >= 15 is 0 Å². The number of esters is 1. The number of nitrogens with zero attached hydrogens (tertiary/aromatic N) is 2. The average molecular weight is 323 g/mol. The van der Waals surface area contributed by atoms with E-state index in [2.05, 4.69) is 11.1 Å². The van der Waals surface area contributed by atoms with Crippen LogP contribution in [0.25, 0.3) is 22.2 Å². The van der Waals surface area contributed by atoms with Gasteiger partial charge in [0.25, 0.3) is 0 Å². The van der Waals surface area contributed by atoms with Crippen LogP contribution in [0.5, 0.6) is 0 Å². The number of carbonyl (C=O) groups is 1. The molecule has 0 bridgehead atoms. The molecule has 2 aromatic carbocycles. The molecule has 4 nitrogen and oxygen atoms in total. The Morgan fingerprint density at radius 2 is 2.04 bits per heavy atom. The number of fused-ring (bicyclic) bond motifs is 1. The summed E-state index contributed by atoms with van der Waals surface area (Å²) in [6.45, 7) is 0. The molecular formula is C18H11ClN2O2. The Bertz CT molecular complexity index is 961. The first-order valence-corrected chi connectivity index (χ1v) is 7.19. The highest BCUT2D eigenvalue weighted by atomic mass is 35.5. The van der Waals surface area contributed by atoms with E-state index in [4.69, 9.17) is 21.6 Å². The average Bonchev–Trinajstić information content (AvgIpc) is 2.60. The molecule has 0 spiro atoms. The van der Waals surface area contributed by atoms with Crippen molar-refractivity contribution >= 4 is 28.5 Å². The smallest absolute Gasteiger partial charge is 0.337 e. The minimum atomic E-state index is -0.429. The van der Waals surface area contributed by atoms with Crippen LogP contribution in [0.1, 0.15) is 15.9 Å². The SMILES string of the molecule is COC(=O)c1ccc2c(Cl)cc(-c3cccc(C#N)c3)nc2c1. The third kappa shape index (κ3) is 2.87. The van der Waals surface area contributed by atoms with Crippen molar-refractivity contribution in [3.05, 3.63) is 64.7 Å². The first-order valence-electron chi connectivity index (χ1n) is 6.81. The first kappa shape index (κ1) is 15.0. The van der Waals surface area contributed by atoms with E-state index in [0.717, 1.165) is 10.9 Å². The summed E-state index contributed by atoms with van der Waals surface area (Å²) in [6, 6.07) is 16.0. The second-order valence-electron chi connectivity index (χ2n) is 4.91. The van der Waals surface area contributed by atoms with Gasteiger partial charge in [0.15, 0.2) is 0 Å². The number of pyridine rings is 1. The molecule has 0 aliphatic carbocycles. The van der Waals surface area contributed by atoms with E-state index < -0.39 is 5.97 Å². The van der Waals surface area contributed by atoms with E-state index in [0.29, 0.717) is 27.4 Å². The van der Waals surface area contributed by atoms with Crippen molar-refractivity contribution in [1.82, 2.24) is 4.98 Å². The number of rotatable bonds is 2. The van der Waals surface area contributed by atoms with Gasteiger partial charge in [0.1, 0.15) is 0 Å². The zero-order chi connectivity index (χ0) is 16.4. The van der Waals surface area contributed by atoms with Gasteiger partial charge in [0.05, 0.1) is 40.5 Å². The van der Waals surface area contributed by atoms with Gasteiger partial charge in [-0.25, -0.2) is 9.78 Å². The molecule has 23 heavy (non-hydrogen) atoms. The molecule has 1 heterocycles. The molecule has 0 saturated carbocycles. The molecule has 0 fully saturated rings. The molecule has 3 rings (SSSR count). The lowest BCUT2D eigenvalue weighted by molar-refractivity contribution is 0.0601. The number of nitriles is 1. The van der Waals surface area contributed by atoms with E-state index in [1.54, 1.807) is 42.5 Å². The molecule has 0 atom stereocenters. The summed E-state index contributed by atoms with van der Waals surface area (Å²) >= 11 is 6.33. The molecule has 0 N–H and O–H groups in total. The van der Waals surface area contributed by atoms with Crippen molar-refractivity contribution in [2.24, 2.45) is 0 Å². The second kappa shape index (κ2) is 6.07. The maximum absolute atomic E-state index is 11.7. The molecular weight excluding hydrogens is 312 g/mol. The van der Waals surface area contributed by atoms with E-state index in [1.165, 1.54) is 7.11 Å². The Labute approximate surface area is 137 Å². The van der Waals surface area contributed by atoms with E-state index in [9.17, 15) is 4.79 Å². The Morgan fingerprint density at radius 1 is 1.22 bits per heavy atom. The molecule has 5 heteroatoms. The monoisotopic (exact) mass is 322 g/mol. The lowest BCUT2D eigenvalue weighted by Crippen LogP contribution is -2.01. The Morgan fingerprint density at radius 3 is 2.78 bits per heavy atom. The third-order valence-electron chi connectivity index (χ3n) is 3.47. The van der Waals surface area contributed by atoms with Gasteiger partial charge in [-0.1, -0.05) is 29.8 Å². The van der Waals surface area contributed by atoms with Crippen LogP contribution in [0.15, 0.2) is 48.5 Å². The maximum Gasteiger partial charge on any atom is 0.337 e. The van der Waals surface area contributed by atoms with Gasteiger partial charge in [-0.2, -0.15) is 5.26 Å². The van der Waals surface area contributed by atoms with Crippen LogP contribution in [-0.2, 0) is 4.74 Å². The van der Waals surface area contributed by atoms with Crippen LogP contribution in [0.4, 0.5) is 0 Å². The first-order chi connectivity index (χ1) is 11.1. The van der Waals surface area contributed by atoms with Crippen molar-refractivity contribution < 1.29 is 9.53 Å². The number of benzene rings is 2. The topological polar surface area (TPSA) is 63.0 Å². The van der Waals surface area contributed by atoms with Gasteiger partial charge >= 0.3 is 5.97 Å². The molecule has 0 amide bonds. The van der Waals surface area contributed by atoms with Crippen molar-refractivity contribution in [3.63, 3.8) is 0 Å². The minimum absolute atomic E-state index is 0.409. The van der Waals surface area contributed by atoms with Crippen LogP contribution in [0, 0.1) is 11.3 Å². The van der Waals surface area contributed by atoms with Crippen molar-refractivity contribution in [1.29, 1.82) is 5.26 Å². The highest BCUT2D eigenvalue weighted by Gasteiger charge is 2.11. The van der Waals surface area contributed by atoms with Gasteiger partial charge < -0.3 is 4.74 Å². The van der Waals surface area contributed by atoms with Gasteiger partial charge in [0.2, 0.25) is 0 Å². The van der Waals surface area contributed by atoms with Gasteiger partial charge in [0, 0.05) is 10.9 Å². The second-order valence-corrected chi connectivity index (χ2v) is 5.31. The number of carbonyl (C=O) groups excluding carboxylic acids is 1. The molecule has 0 aliphatic heterocycles. The zero-order valence-corrected chi connectivity index (χ0v) is 13.0. The summed E-state index contributed by atoms with van der Waals surface area (Å²) in [7, 11) is 1.33. The normalized spacial score (nSPS) is 10.3. The summed E-state index contributed by atoms with van der Waals surface area (Å²) in [5, 5.41) is 10.3. The summed E-state index contributed by atoms with van der Waals surface area (Å²) in [4.78, 5) is 16.2. The van der Waals surface area contributed by atoms with Gasteiger partial charge in [-0.05, 0) is 30.3 Å². The lowest BCUT2D eigenvalue weighted by Gasteiger charge is -2.07. The number of aromatic nitrogens is 1. The van der Waals surface area contributed by atoms with Gasteiger partial charge in [-0.3, -0.25) is 0 Å². The van der Waals surface area contributed by atoms with E-state index in [-0.39, 0.29) is 0 Å². The molecule has 0 unspecified atom stereocenters. The third-order valence-corrected chi connectivity index (χ3v) is 3.78. The van der Waals surface area contributed by atoms with Crippen LogP contribution in [-0.4, -0.2) is 18.1 Å². The van der Waals surface area contributed by atoms with Gasteiger partial charge in [-0.15, -0.1) is 0 Å². The molecule has 0 radical (unpaired) electrons. The van der Waals surface area contributed by atoms with Crippen molar-refractivity contribution in [2.75, 3.05) is 7.11 Å². The molecule has 3 aromatic rings. The Kier molecular flexibility index (Phi) is 3.96. The quantitative estimate of drug-likeness (QED) is 0.663. The summed E-state index contributed by atoms with van der Waals surface area (Å²) in [5.74, 6) is -0.429. The van der Waals surface area contributed by atoms with Crippen LogP contribution >= 0.6 is 11.6 Å². The predicted octanol–water partition coefficient (Wildman–Crippen LogP) is 4.21. The summed E-state index contributed by atoms with van der Waals surface area (Å²) < 4.78 is 4.72. The largest absolute Gasteiger partial charge is 0.465 e. The molecule has 1 aromatic heterocycles. The standard InChI is InChI=1S/C18H11ClN2O2/c1-23-18(22)13-5-6-14-15(19)9-16(21-17(14)8-13)12-4-2-3-11(7-12)10-20/h2-9H,1H3. The fraction of sp³-hybridized carbons (Fsp3) is 0.0556. The molecule has 0 saturated heterocycles. The molecule has 0 aliphatic rings. The highest BCUT2D eigenvalue weighted by Crippen LogP contribution is 2.29. The number of halogens is 1. The van der Waals surface area contributed by atoms with E-state index in [1.807, 2.05) is 6.07 Å². The Balaban J connectivity index is 2.19. The lowest BCUT2D eigenvalue weighted by atomic mass is 10.1. The van der Waals surface area contributed by atoms with Crippen LogP contribution < -0.4 is 0 Å². The summed E-state index contributed by atoms with van der Waals surface area (Å²) in [6.07, 6.45) is 0. The van der Waals surface area contributed by atoms with Crippen LogP contribution in [0.2, 0.25) is 5.02 Å². The fourth-order valence-corrected chi connectivity index (χ4v) is 2.59. The number of hydrogen-bond acceptors (Lipinski definition) is 4. The maximum atomic E-state index is 11.7. The Hall–Kier alpha value is -2.90. The minimum Gasteiger partial charge on any atom is -0.465 e. The number of hydrogen-bond donors (Lipinski definition) is 0. The number of ether oxygens (including phenoxy) is 1. The van der Waals surface area contributed by atoms with Crippen molar-refractivity contribution in [2.45, 2.75) is 0 Å². The summed E-state index contributed by atoms with van der Waals surface area (Å²) in [5.41, 5.74) is 2.98. The van der Waals surface area contributed by atoms with Crippen molar-refractivity contribution in [3.8, 4) is 17.3 Å². The number of methoxy groups -OCH3 is 1. The zero-order valence-electron chi connectivity index (χ0n) is 12.2. The highest BCUT2D eigenvalue weighted by molar-refractivity contribution is 6.35. The fourth-order valence-electron chi connectivity index (χ4n) is 2.33. The van der Waals surface area contributed by atoms with Crippen LogP contribution in [0.3, 0.4) is 0 Å². The predicted molar refractivity (Wildman–Crippen MR) is 88.2 cm³/mol.